The van der Waals surface area contributed by atoms with Crippen LogP contribution in [0.1, 0.15) is 31.8 Å². The predicted molar refractivity (Wildman–Crippen MR) is 49.8 cm³/mol. The minimum Gasteiger partial charge on any atom is -0.478 e. The van der Waals surface area contributed by atoms with Crippen LogP contribution in [-0.4, -0.2) is 22.2 Å². The first-order valence-electron chi connectivity index (χ1n) is 4.02. The Balaban J connectivity index is 3.41. The van der Waals surface area contributed by atoms with Gasteiger partial charge < -0.3 is 10.2 Å². The summed E-state index contributed by atoms with van der Waals surface area (Å²) >= 11 is 0. The van der Waals surface area contributed by atoms with Crippen molar-refractivity contribution < 1.29 is 19.8 Å². The normalized spacial score (nSPS) is 9.86. The van der Waals surface area contributed by atoms with Crippen molar-refractivity contribution in [1.82, 2.24) is 0 Å². The van der Waals surface area contributed by atoms with Crippen molar-refractivity contribution in [2.45, 2.75) is 13.8 Å². The third kappa shape index (κ3) is 1.59. The largest absolute Gasteiger partial charge is 0.478 e. The van der Waals surface area contributed by atoms with E-state index in [1.54, 1.807) is 13.8 Å². The number of carbonyl (C=O) groups is 2. The summed E-state index contributed by atoms with van der Waals surface area (Å²) in [6, 6.07) is 2.63. The molecule has 0 aliphatic carbocycles. The van der Waals surface area contributed by atoms with E-state index in [9.17, 15) is 9.59 Å². The fourth-order valence-corrected chi connectivity index (χ4v) is 1.28. The average molecular weight is 194 g/mol. The second-order valence-electron chi connectivity index (χ2n) is 3.02. The van der Waals surface area contributed by atoms with E-state index in [0.717, 1.165) is 0 Å². The molecule has 1 aromatic carbocycles. The minimum atomic E-state index is -1.04. The molecule has 1 aromatic rings. The molecule has 0 amide bonds. The molecule has 0 spiro atoms. The summed E-state index contributed by atoms with van der Waals surface area (Å²) in [4.78, 5) is 21.4. The summed E-state index contributed by atoms with van der Waals surface area (Å²) in [5.41, 5.74) is 1.29. The average Bonchev–Trinajstić information content (AvgIpc) is 2.08. The highest BCUT2D eigenvalue weighted by Gasteiger charge is 2.14. The molecule has 74 valence electrons. The highest BCUT2D eigenvalue weighted by Crippen LogP contribution is 2.17. The van der Waals surface area contributed by atoms with Gasteiger partial charge in [-0.15, -0.1) is 0 Å². The molecular weight excluding hydrogens is 184 g/mol. The van der Waals surface area contributed by atoms with E-state index < -0.39 is 11.9 Å². The van der Waals surface area contributed by atoms with Crippen molar-refractivity contribution in [1.29, 1.82) is 0 Å². The van der Waals surface area contributed by atoms with Crippen LogP contribution in [0, 0.1) is 13.8 Å². The Hall–Kier alpha value is -1.84. The van der Waals surface area contributed by atoms with Gasteiger partial charge in [0.2, 0.25) is 0 Å². The van der Waals surface area contributed by atoms with Crippen LogP contribution in [0.4, 0.5) is 0 Å². The Morgan fingerprint density at radius 3 is 1.43 bits per heavy atom. The molecule has 0 unspecified atom stereocenters. The summed E-state index contributed by atoms with van der Waals surface area (Å²) in [5.74, 6) is -2.08. The second-order valence-corrected chi connectivity index (χ2v) is 3.02. The summed E-state index contributed by atoms with van der Waals surface area (Å²) in [6.07, 6.45) is 0. The Morgan fingerprint density at radius 2 is 1.21 bits per heavy atom. The molecule has 4 nitrogen and oxygen atoms in total. The van der Waals surface area contributed by atoms with E-state index in [-0.39, 0.29) is 11.1 Å². The number of rotatable bonds is 2. The van der Waals surface area contributed by atoms with E-state index in [2.05, 4.69) is 0 Å². The Morgan fingerprint density at radius 1 is 0.929 bits per heavy atom. The molecule has 2 N–H and O–H groups in total. The van der Waals surface area contributed by atoms with Crippen LogP contribution in [0.2, 0.25) is 0 Å². The lowest BCUT2D eigenvalue weighted by Gasteiger charge is -2.07. The van der Waals surface area contributed by atoms with Gasteiger partial charge in [0.1, 0.15) is 0 Å². The highest BCUT2D eigenvalue weighted by molar-refractivity contribution is 5.94. The first-order chi connectivity index (χ1) is 6.45. The molecule has 4 heteroatoms. The highest BCUT2D eigenvalue weighted by atomic mass is 16.4. The molecular formula is C10H10O4. The first-order valence-corrected chi connectivity index (χ1v) is 4.02. The summed E-state index contributed by atoms with van der Waals surface area (Å²) < 4.78 is 0. The summed E-state index contributed by atoms with van der Waals surface area (Å²) in [6.45, 7) is 3.20. The van der Waals surface area contributed by atoms with Crippen LogP contribution in [0.3, 0.4) is 0 Å². The molecule has 0 heterocycles. The molecule has 0 atom stereocenters. The fourth-order valence-electron chi connectivity index (χ4n) is 1.28. The predicted octanol–water partition coefficient (Wildman–Crippen LogP) is 1.70. The van der Waals surface area contributed by atoms with Crippen LogP contribution in [0.25, 0.3) is 0 Å². The maximum atomic E-state index is 10.7. The van der Waals surface area contributed by atoms with Gasteiger partial charge in [-0.3, -0.25) is 0 Å². The number of benzene rings is 1. The molecule has 0 bridgehead atoms. The number of carboxylic acid groups (broad SMARTS) is 2. The summed E-state index contributed by atoms with van der Waals surface area (Å²) in [5, 5.41) is 17.5. The van der Waals surface area contributed by atoms with Gasteiger partial charge in [0, 0.05) is 0 Å². The summed E-state index contributed by atoms with van der Waals surface area (Å²) in [7, 11) is 0. The Bertz CT molecular complexity index is 368. The van der Waals surface area contributed by atoms with E-state index in [4.69, 9.17) is 10.2 Å². The van der Waals surface area contributed by atoms with Crippen LogP contribution in [-0.2, 0) is 0 Å². The third-order valence-electron chi connectivity index (χ3n) is 2.25. The van der Waals surface area contributed by atoms with Gasteiger partial charge in [-0.25, -0.2) is 9.59 Å². The number of hydrogen-bond acceptors (Lipinski definition) is 2. The SMILES string of the molecule is Cc1c(C(=O)O)ccc(C(=O)O)c1C. The van der Waals surface area contributed by atoms with Crippen LogP contribution in [0.15, 0.2) is 12.1 Å². The lowest BCUT2D eigenvalue weighted by molar-refractivity contribution is 0.0679. The quantitative estimate of drug-likeness (QED) is 0.751. The van der Waals surface area contributed by atoms with Crippen molar-refractivity contribution >= 4 is 11.9 Å². The molecule has 0 aliphatic heterocycles. The fraction of sp³-hybridized carbons (Fsp3) is 0.200. The standard InChI is InChI=1S/C10H10O4/c1-5-6(2)8(10(13)14)4-3-7(5)9(11)12/h3-4H,1-2H3,(H,11,12)(H,13,14). The molecule has 0 saturated carbocycles. The monoisotopic (exact) mass is 194 g/mol. The number of aromatic carboxylic acids is 2. The van der Waals surface area contributed by atoms with E-state index in [1.807, 2.05) is 0 Å². The van der Waals surface area contributed by atoms with E-state index >= 15 is 0 Å². The third-order valence-corrected chi connectivity index (χ3v) is 2.25. The topological polar surface area (TPSA) is 74.6 Å². The molecule has 0 radical (unpaired) electrons. The van der Waals surface area contributed by atoms with Gasteiger partial charge in [0.15, 0.2) is 0 Å². The van der Waals surface area contributed by atoms with Crippen molar-refractivity contribution in [2.75, 3.05) is 0 Å². The zero-order chi connectivity index (χ0) is 10.9. The van der Waals surface area contributed by atoms with Crippen molar-refractivity contribution in [3.8, 4) is 0 Å². The molecule has 0 aliphatic rings. The molecule has 0 fully saturated rings. The van der Waals surface area contributed by atoms with Crippen molar-refractivity contribution in [3.05, 3.63) is 34.4 Å². The lowest BCUT2D eigenvalue weighted by atomic mass is 9.98. The number of hydrogen-bond donors (Lipinski definition) is 2. The smallest absolute Gasteiger partial charge is 0.335 e. The van der Waals surface area contributed by atoms with Crippen molar-refractivity contribution in [2.24, 2.45) is 0 Å². The van der Waals surface area contributed by atoms with Gasteiger partial charge >= 0.3 is 11.9 Å². The van der Waals surface area contributed by atoms with E-state index in [1.165, 1.54) is 12.1 Å². The first kappa shape index (κ1) is 10.2. The van der Waals surface area contributed by atoms with Gasteiger partial charge in [-0.1, -0.05) is 0 Å². The van der Waals surface area contributed by atoms with Crippen LogP contribution < -0.4 is 0 Å². The van der Waals surface area contributed by atoms with Crippen LogP contribution in [0.5, 0.6) is 0 Å². The van der Waals surface area contributed by atoms with Gasteiger partial charge in [0.05, 0.1) is 11.1 Å². The maximum absolute atomic E-state index is 10.7. The molecule has 0 aromatic heterocycles. The Kier molecular flexibility index (Phi) is 2.56. The zero-order valence-corrected chi connectivity index (χ0v) is 7.87. The zero-order valence-electron chi connectivity index (χ0n) is 7.87. The van der Waals surface area contributed by atoms with E-state index in [0.29, 0.717) is 11.1 Å². The molecule has 0 saturated heterocycles. The maximum Gasteiger partial charge on any atom is 0.335 e. The van der Waals surface area contributed by atoms with Gasteiger partial charge in [0.25, 0.3) is 0 Å². The minimum absolute atomic E-state index is 0.146. The van der Waals surface area contributed by atoms with Gasteiger partial charge in [-0.2, -0.15) is 0 Å². The van der Waals surface area contributed by atoms with Crippen molar-refractivity contribution in [3.63, 3.8) is 0 Å². The molecule has 14 heavy (non-hydrogen) atoms. The lowest BCUT2D eigenvalue weighted by Crippen LogP contribution is -2.06. The Labute approximate surface area is 80.8 Å². The van der Waals surface area contributed by atoms with Gasteiger partial charge in [-0.05, 0) is 37.1 Å². The number of carboxylic acids is 2. The molecule has 1 rings (SSSR count). The second kappa shape index (κ2) is 3.49. The van der Waals surface area contributed by atoms with Crippen LogP contribution >= 0.6 is 0 Å².